The monoisotopic (exact) mass is 454 g/mol. The Morgan fingerprint density at radius 3 is 2.73 bits per heavy atom. The molecule has 1 aromatic heterocycles. The van der Waals surface area contributed by atoms with Gasteiger partial charge in [-0.15, -0.1) is 0 Å². The molecule has 1 aliphatic carbocycles. The topological polar surface area (TPSA) is 112 Å². The van der Waals surface area contributed by atoms with Gasteiger partial charge in [-0.3, -0.25) is 19.2 Å². The summed E-state index contributed by atoms with van der Waals surface area (Å²) >= 11 is 0. The molecule has 0 bridgehead atoms. The number of anilines is 1. The molecule has 1 aromatic carbocycles. The van der Waals surface area contributed by atoms with Gasteiger partial charge in [0.1, 0.15) is 11.2 Å². The number of hydrogen-bond donors (Lipinski definition) is 1. The van der Waals surface area contributed by atoms with Gasteiger partial charge < -0.3 is 19.5 Å². The first-order valence-corrected chi connectivity index (χ1v) is 11.2. The number of carbonyl (C=O) groups excluding carboxylic acids is 3. The van der Waals surface area contributed by atoms with Crippen LogP contribution in [0.4, 0.5) is 5.69 Å². The molecule has 3 heterocycles. The van der Waals surface area contributed by atoms with Gasteiger partial charge in [0.25, 0.3) is 5.91 Å². The normalized spacial score (nSPS) is 21.8. The van der Waals surface area contributed by atoms with E-state index in [2.05, 4.69) is 10.4 Å². The molecule has 2 aliphatic heterocycles. The van der Waals surface area contributed by atoms with Crippen LogP contribution >= 0.6 is 0 Å². The smallest absolute Gasteiger partial charge is 0.358 e. The number of amides is 2. The number of esters is 1. The summed E-state index contributed by atoms with van der Waals surface area (Å²) in [4.78, 5) is 41.0. The van der Waals surface area contributed by atoms with E-state index in [4.69, 9.17) is 14.2 Å². The zero-order valence-corrected chi connectivity index (χ0v) is 18.6. The molecule has 3 aliphatic rings. The lowest BCUT2D eigenvalue weighted by Crippen LogP contribution is -2.65. The Hall–Kier alpha value is -3.56. The van der Waals surface area contributed by atoms with Crippen molar-refractivity contribution in [3.63, 3.8) is 0 Å². The Morgan fingerprint density at radius 2 is 1.97 bits per heavy atom. The van der Waals surface area contributed by atoms with Gasteiger partial charge in [0.15, 0.2) is 17.2 Å². The zero-order chi connectivity index (χ0) is 23.2. The van der Waals surface area contributed by atoms with Crippen molar-refractivity contribution in [2.45, 2.75) is 57.7 Å². The second-order valence-electron chi connectivity index (χ2n) is 8.70. The third-order valence-corrected chi connectivity index (χ3v) is 6.43. The van der Waals surface area contributed by atoms with Crippen molar-refractivity contribution < 1.29 is 28.6 Å². The summed E-state index contributed by atoms with van der Waals surface area (Å²) in [7, 11) is 0. The minimum Gasteiger partial charge on any atom is -0.461 e. The lowest BCUT2D eigenvalue weighted by molar-refractivity contribution is -0.127. The number of fused-ring (bicyclic) bond motifs is 2. The molecule has 0 spiro atoms. The molecule has 0 saturated heterocycles. The van der Waals surface area contributed by atoms with Crippen LogP contribution in [-0.4, -0.2) is 52.5 Å². The van der Waals surface area contributed by atoms with E-state index in [-0.39, 0.29) is 43.3 Å². The summed E-state index contributed by atoms with van der Waals surface area (Å²) in [6.07, 6.45) is 3.97. The largest absolute Gasteiger partial charge is 0.461 e. The molecule has 10 heteroatoms. The maximum atomic E-state index is 13.7. The van der Waals surface area contributed by atoms with Crippen LogP contribution in [0.3, 0.4) is 0 Å². The number of nitrogens with one attached hydrogen (secondary N) is 1. The molecule has 0 radical (unpaired) electrons. The van der Waals surface area contributed by atoms with E-state index in [0.717, 1.165) is 25.7 Å². The Kier molecular flexibility index (Phi) is 5.22. The Balaban J connectivity index is 1.56. The summed E-state index contributed by atoms with van der Waals surface area (Å²) in [6, 6.07) is 6.63. The summed E-state index contributed by atoms with van der Waals surface area (Å²) in [5.74, 6) is -0.231. The van der Waals surface area contributed by atoms with Gasteiger partial charge in [0, 0.05) is 23.9 Å². The minimum atomic E-state index is -1.28. The average molecular weight is 454 g/mol. The zero-order valence-electron chi connectivity index (χ0n) is 18.6. The molecule has 1 N–H and O–H groups in total. The number of nitrogens with zero attached hydrogens (tertiary/aromatic N) is 3. The molecule has 1 saturated carbocycles. The van der Waals surface area contributed by atoms with Crippen LogP contribution in [0, 0.1) is 0 Å². The highest BCUT2D eigenvalue weighted by Gasteiger charge is 2.50. The highest BCUT2D eigenvalue weighted by Crippen LogP contribution is 2.40. The first-order chi connectivity index (χ1) is 15.9. The first kappa shape index (κ1) is 21.3. The number of ether oxygens (including phenoxy) is 3. The average Bonchev–Trinajstić information content (AvgIpc) is 3.54. The summed E-state index contributed by atoms with van der Waals surface area (Å²) in [6.45, 7) is 3.79. The van der Waals surface area contributed by atoms with Crippen molar-refractivity contribution in [1.82, 2.24) is 15.1 Å². The number of benzene rings is 1. The van der Waals surface area contributed by atoms with Crippen molar-refractivity contribution >= 4 is 23.5 Å². The SMILES string of the molecule is CCOC(=O)c1cc2n(n1)C[C@@](C)(C(=O)NC1CCCC1)N(c1ccc3c(c1)OCO3)C2=O. The van der Waals surface area contributed by atoms with E-state index in [9.17, 15) is 14.4 Å². The molecule has 0 unspecified atom stereocenters. The minimum absolute atomic E-state index is 0.0336. The summed E-state index contributed by atoms with van der Waals surface area (Å²) in [5.41, 5.74) is -0.537. The number of carbonyl (C=O) groups is 3. The second kappa shape index (κ2) is 8.09. The van der Waals surface area contributed by atoms with Crippen LogP contribution in [0.15, 0.2) is 24.3 Å². The summed E-state index contributed by atoms with van der Waals surface area (Å²) in [5, 5.41) is 7.41. The van der Waals surface area contributed by atoms with E-state index >= 15 is 0 Å². The molecule has 1 atom stereocenters. The lowest BCUT2D eigenvalue weighted by atomic mass is 9.93. The maximum Gasteiger partial charge on any atom is 0.358 e. The molecular weight excluding hydrogens is 428 g/mol. The number of hydrogen-bond acceptors (Lipinski definition) is 7. The van der Waals surface area contributed by atoms with Gasteiger partial charge in [-0.05, 0) is 38.8 Å². The van der Waals surface area contributed by atoms with Crippen LogP contribution < -0.4 is 19.7 Å². The predicted molar refractivity (Wildman–Crippen MR) is 116 cm³/mol. The Morgan fingerprint density at radius 1 is 1.21 bits per heavy atom. The van der Waals surface area contributed by atoms with Crippen molar-refractivity contribution in [3.05, 3.63) is 35.7 Å². The lowest BCUT2D eigenvalue weighted by Gasteiger charge is -2.43. The van der Waals surface area contributed by atoms with Gasteiger partial charge in [0.05, 0.1) is 13.2 Å². The van der Waals surface area contributed by atoms with Crippen molar-refractivity contribution in [2.24, 2.45) is 0 Å². The number of rotatable bonds is 5. The summed E-state index contributed by atoms with van der Waals surface area (Å²) < 4.78 is 17.4. The Bertz CT molecular complexity index is 1120. The van der Waals surface area contributed by atoms with E-state index < -0.39 is 17.4 Å². The fourth-order valence-corrected chi connectivity index (χ4v) is 4.73. The fourth-order valence-electron chi connectivity index (χ4n) is 4.73. The van der Waals surface area contributed by atoms with Crippen LogP contribution in [0.1, 0.15) is 60.5 Å². The molecular formula is C23H26N4O6. The molecule has 2 aromatic rings. The van der Waals surface area contributed by atoms with Crippen molar-refractivity contribution in [3.8, 4) is 11.5 Å². The fraction of sp³-hybridized carbons (Fsp3) is 0.478. The Labute approximate surface area is 190 Å². The van der Waals surface area contributed by atoms with Crippen molar-refractivity contribution in [1.29, 1.82) is 0 Å². The van der Waals surface area contributed by atoms with Crippen LogP contribution in [0.2, 0.25) is 0 Å². The van der Waals surface area contributed by atoms with E-state index in [1.54, 1.807) is 32.0 Å². The molecule has 1 fully saturated rings. The van der Waals surface area contributed by atoms with Gasteiger partial charge in [0.2, 0.25) is 12.7 Å². The van der Waals surface area contributed by atoms with E-state index in [1.807, 2.05) is 0 Å². The first-order valence-electron chi connectivity index (χ1n) is 11.2. The highest BCUT2D eigenvalue weighted by atomic mass is 16.7. The van der Waals surface area contributed by atoms with E-state index in [0.29, 0.717) is 17.2 Å². The van der Waals surface area contributed by atoms with E-state index in [1.165, 1.54) is 15.6 Å². The van der Waals surface area contributed by atoms with Crippen LogP contribution in [-0.2, 0) is 16.1 Å². The maximum absolute atomic E-state index is 13.7. The molecule has 174 valence electrons. The molecule has 2 amide bonds. The van der Waals surface area contributed by atoms with Gasteiger partial charge in [-0.1, -0.05) is 12.8 Å². The second-order valence-corrected chi connectivity index (χ2v) is 8.70. The van der Waals surface area contributed by atoms with Crippen LogP contribution in [0.5, 0.6) is 11.5 Å². The highest BCUT2D eigenvalue weighted by molar-refractivity contribution is 6.12. The predicted octanol–water partition coefficient (Wildman–Crippen LogP) is 2.27. The third-order valence-electron chi connectivity index (χ3n) is 6.43. The molecule has 5 rings (SSSR count). The van der Waals surface area contributed by atoms with Crippen LogP contribution in [0.25, 0.3) is 0 Å². The quantitative estimate of drug-likeness (QED) is 0.690. The standard InChI is InChI=1S/C23H26N4O6/c1-3-31-21(29)16-11-17-20(28)27(15-8-9-18-19(10-15)33-13-32-18)23(2,12-26(17)25-16)22(30)24-14-6-4-5-7-14/h8-11,14H,3-7,12-13H2,1-2H3,(H,24,30)/t23-/m0/s1. The van der Waals surface area contributed by atoms with Crippen molar-refractivity contribution in [2.75, 3.05) is 18.3 Å². The number of aromatic nitrogens is 2. The molecule has 10 nitrogen and oxygen atoms in total. The van der Waals surface area contributed by atoms with Gasteiger partial charge >= 0.3 is 5.97 Å². The third kappa shape index (κ3) is 3.59. The van der Waals surface area contributed by atoms with Gasteiger partial charge in [-0.2, -0.15) is 5.10 Å². The van der Waals surface area contributed by atoms with Gasteiger partial charge in [-0.25, -0.2) is 4.79 Å². The molecule has 33 heavy (non-hydrogen) atoms.